The van der Waals surface area contributed by atoms with Crippen LogP contribution in [0, 0.1) is 5.92 Å². The highest BCUT2D eigenvalue weighted by atomic mass is 32.1. The van der Waals surface area contributed by atoms with Crippen LogP contribution in [0.15, 0.2) is 24.3 Å². The van der Waals surface area contributed by atoms with Gasteiger partial charge < -0.3 is 15.8 Å². The topological polar surface area (TPSA) is 64.3 Å². The van der Waals surface area contributed by atoms with Crippen molar-refractivity contribution < 1.29 is 9.53 Å². The Hall–Kier alpha value is -1.46. The highest BCUT2D eigenvalue weighted by Crippen LogP contribution is 2.20. The van der Waals surface area contributed by atoms with Crippen LogP contribution in [-0.2, 0) is 16.1 Å². The van der Waals surface area contributed by atoms with Crippen molar-refractivity contribution >= 4 is 23.1 Å². The summed E-state index contributed by atoms with van der Waals surface area (Å²) in [7, 11) is 0. The van der Waals surface area contributed by atoms with E-state index in [-0.39, 0.29) is 17.9 Å². The second kappa shape index (κ2) is 6.12. The van der Waals surface area contributed by atoms with Gasteiger partial charge in [0.2, 0.25) is 5.91 Å². The molecule has 1 aromatic rings. The first-order valence-electron chi connectivity index (χ1n) is 6.36. The van der Waals surface area contributed by atoms with Crippen molar-refractivity contribution in [3.63, 3.8) is 0 Å². The molecule has 19 heavy (non-hydrogen) atoms. The number of benzene rings is 1. The zero-order valence-electron chi connectivity index (χ0n) is 10.9. The van der Waals surface area contributed by atoms with Crippen LogP contribution in [0.5, 0.6) is 0 Å². The normalized spacial score (nSPS) is 22.2. The molecule has 1 aromatic carbocycles. The number of rotatable bonds is 4. The summed E-state index contributed by atoms with van der Waals surface area (Å²) in [5.41, 5.74) is 7.37. The molecule has 102 valence electrons. The number of hydrogen-bond acceptors (Lipinski definition) is 3. The van der Waals surface area contributed by atoms with Crippen molar-refractivity contribution in [3.05, 3.63) is 35.4 Å². The fraction of sp³-hybridized carbons (Fsp3) is 0.429. The molecule has 0 spiro atoms. The lowest BCUT2D eigenvalue weighted by molar-refractivity contribution is -0.131. The van der Waals surface area contributed by atoms with Gasteiger partial charge in [-0.3, -0.25) is 4.79 Å². The van der Waals surface area contributed by atoms with E-state index in [2.05, 4.69) is 5.32 Å². The van der Waals surface area contributed by atoms with Gasteiger partial charge in [-0.2, -0.15) is 0 Å². The van der Waals surface area contributed by atoms with Crippen LogP contribution in [0.25, 0.3) is 0 Å². The molecule has 1 saturated heterocycles. The van der Waals surface area contributed by atoms with Crippen LogP contribution in [-0.4, -0.2) is 23.6 Å². The number of nitrogens with one attached hydrogen (secondary N) is 1. The number of nitrogens with two attached hydrogens (primary N) is 1. The Balaban J connectivity index is 1.93. The second-order valence-corrected chi connectivity index (χ2v) is 5.28. The number of carbonyl (C=O) groups is 1. The number of amides is 1. The minimum atomic E-state index is -0.321. The van der Waals surface area contributed by atoms with Crippen molar-refractivity contribution in [2.45, 2.75) is 26.0 Å². The van der Waals surface area contributed by atoms with Gasteiger partial charge in [-0.25, -0.2) is 0 Å². The van der Waals surface area contributed by atoms with Gasteiger partial charge in [-0.15, -0.1) is 0 Å². The third-order valence-electron chi connectivity index (χ3n) is 3.32. The molecule has 2 atom stereocenters. The van der Waals surface area contributed by atoms with Gasteiger partial charge in [0, 0.05) is 18.7 Å². The molecule has 0 bridgehead atoms. The van der Waals surface area contributed by atoms with Gasteiger partial charge in [-0.1, -0.05) is 37.3 Å². The van der Waals surface area contributed by atoms with Crippen molar-refractivity contribution in [3.8, 4) is 0 Å². The minimum absolute atomic E-state index is 0.0503. The van der Waals surface area contributed by atoms with E-state index < -0.39 is 0 Å². The smallest absolute Gasteiger partial charge is 0.249 e. The SMILES string of the molecule is CC1CCOC1C(=O)NCc1cccc(C(N)=S)c1. The Morgan fingerprint density at radius 2 is 2.37 bits per heavy atom. The van der Waals surface area contributed by atoms with Gasteiger partial charge in [0.15, 0.2) is 0 Å². The highest BCUT2D eigenvalue weighted by Gasteiger charge is 2.30. The molecule has 1 amide bonds. The molecule has 3 N–H and O–H groups in total. The maximum Gasteiger partial charge on any atom is 0.249 e. The van der Waals surface area contributed by atoms with Crippen LogP contribution in [0.2, 0.25) is 0 Å². The Morgan fingerprint density at radius 3 is 3.00 bits per heavy atom. The van der Waals surface area contributed by atoms with E-state index in [4.69, 9.17) is 22.7 Å². The van der Waals surface area contributed by atoms with Crippen molar-refractivity contribution in [1.29, 1.82) is 0 Å². The third kappa shape index (κ3) is 3.52. The lowest BCUT2D eigenvalue weighted by Gasteiger charge is -2.14. The summed E-state index contributed by atoms with van der Waals surface area (Å²) in [5, 5.41) is 2.89. The van der Waals surface area contributed by atoms with Crippen molar-refractivity contribution in [2.75, 3.05) is 6.61 Å². The average molecular weight is 278 g/mol. The zero-order chi connectivity index (χ0) is 13.8. The molecule has 1 heterocycles. The Bertz CT molecular complexity index is 490. The molecule has 1 aliphatic heterocycles. The number of hydrogen-bond donors (Lipinski definition) is 2. The first kappa shape index (κ1) is 14.0. The van der Waals surface area contributed by atoms with E-state index in [1.165, 1.54) is 0 Å². The molecular weight excluding hydrogens is 260 g/mol. The maximum atomic E-state index is 12.0. The molecular formula is C14H18N2O2S. The zero-order valence-corrected chi connectivity index (χ0v) is 11.7. The summed E-state index contributed by atoms with van der Waals surface area (Å²) in [6.45, 7) is 3.16. The maximum absolute atomic E-state index is 12.0. The van der Waals surface area contributed by atoms with E-state index in [9.17, 15) is 4.79 Å². The molecule has 4 nitrogen and oxygen atoms in total. The Labute approximate surface area is 118 Å². The number of carbonyl (C=O) groups excluding carboxylic acids is 1. The number of ether oxygens (including phenoxy) is 1. The molecule has 0 aromatic heterocycles. The molecule has 2 unspecified atom stereocenters. The predicted molar refractivity (Wildman–Crippen MR) is 77.7 cm³/mol. The van der Waals surface area contributed by atoms with Crippen LogP contribution < -0.4 is 11.1 Å². The van der Waals surface area contributed by atoms with Crippen LogP contribution in [0.4, 0.5) is 0 Å². The average Bonchev–Trinajstić information content (AvgIpc) is 2.82. The molecule has 0 saturated carbocycles. The standard InChI is InChI=1S/C14H18N2O2S/c1-9-5-6-18-12(9)14(17)16-8-10-3-2-4-11(7-10)13(15)19/h2-4,7,9,12H,5-6,8H2,1H3,(H2,15,19)(H,16,17). The van der Waals surface area contributed by atoms with E-state index in [1.807, 2.05) is 31.2 Å². The lowest BCUT2D eigenvalue weighted by Crippen LogP contribution is -2.36. The fourth-order valence-electron chi connectivity index (χ4n) is 2.15. The Morgan fingerprint density at radius 1 is 1.58 bits per heavy atom. The molecule has 0 aliphatic carbocycles. The van der Waals surface area contributed by atoms with Crippen molar-refractivity contribution in [1.82, 2.24) is 5.32 Å². The van der Waals surface area contributed by atoms with E-state index in [1.54, 1.807) is 0 Å². The van der Waals surface area contributed by atoms with E-state index in [0.717, 1.165) is 17.5 Å². The van der Waals surface area contributed by atoms with Crippen LogP contribution >= 0.6 is 12.2 Å². The summed E-state index contributed by atoms with van der Waals surface area (Å²) in [4.78, 5) is 12.3. The fourth-order valence-corrected chi connectivity index (χ4v) is 2.28. The molecule has 2 rings (SSSR count). The van der Waals surface area contributed by atoms with E-state index in [0.29, 0.717) is 18.1 Å². The summed E-state index contributed by atoms with van der Waals surface area (Å²) in [5.74, 6) is 0.230. The number of thiocarbonyl (C=S) groups is 1. The van der Waals surface area contributed by atoms with Gasteiger partial charge >= 0.3 is 0 Å². The van der Waals surface area contributed by atoms with Gasteiger partial charge in [0.25, 0.3) is 0 Å². The predicted octanol–water partition coefficient (Wildman–Crippen LogP) is 1.36. The highest BCUT2D eigenvalue weighted by molar-refractivity contribution is 7.80. The first-order valence-corrected chi connectivity index (χ1v) is 6.77. The summed E-state index contributed by atoms with van der Waals surface area (Å²) < 4.78 is 5.42. The van der Waals surface area contributed by atoms with Gasteiger partial charge in [0.05, 0.1) is 0 Å². The van der Waals surface area contributed by atoms with Gasteiger partial charge in [-0.05, 0) is 24.0 Å². The summed E-state index contributed by atoms with van der Waals surface area (Å²) >= 11 is 4.93. The van der Waals surface area contributed by atoms with Crippen LogP contribution in [0.1, 0.15) is 24.5 Å². The first-order chi connectivity index (χ1) is 9.08. The van der Waals surface area contributed by atoms with Gasteiger partial charge in [0.1, 0.15) is 11.1 Å². The largest absolute Gasteiger partial charge is 0.389 e. The molecule has 0 radical (unpaired) electrons. The molecule has 1 fully saturated rings. The third-order valence-corrected chi connectivity index (χ3v) is 3.56. The molecule has 5 heteroatoms. The van der Waals surface area contributed by atoms with E-state index >= 15 is 0 Å². The summed E-state index contributed by atoms with van der Waals surface area (Å²) in [6.07, 6.45) is 0.619. The van der Waals surface area contributed by atoms with Crippen LogP contribution in [0.3, 0.4) is 0 Å². The summed E-state index contributed by atoms with van der Waals surface area (Å²) in [6, 6.07) is 7.56. The lowest BCUT2D eigenvalue weighted by atomic mass is 10.0. The molecule has 1 aliphatic rings. The second-order valence-electron chi connectivity index (χ2n) is 4.84. The minimum Gasteiger partial charge on any atom is -0.389 e. The monoisotopic (exact) mass is 278 g/mol. The van der Waals surface area contributed by atoms with Crippen molar-refractivity contribution in [2.24, 2.45) is 11.7 Å². The Kier molecular flexibility index (Phi) is 4.50. The quantitative estimate of drug-likeness (QED) is 0.816.